The third-order valence-electron chi connectivity index (χ3n) is 4.80. The van der Waals surface area contributed by atoms with Gasteiger partial charge in [0.2, 0.25) is 5.91 Å². The third-order valence-corrected chi connectivity index (χ3v) is 5.63. The summed E-state index contributed by atoms with van der Waals surface area (Å²) >= 11 is 9.24. The number of guanidine groups is 1. The minimum Gasteiger partial charge on any atom is -0.506 e. The van der Waals surface area contributed by atoms with Gasteiger partial charge in [-0.15, -0.1) is 0 Å². The smallest absolute Gasteiger partial charge is 0.305 e. The summed E-state index contributed by atoms with van der Waals surface area (Å²) in [5.41, 5.74) is 6.19. The average Bonchev–Trinajstić information content (AvgIpc) is 3.28. The van der Waals surface area contributed by atoms with Gasteiger partial charge in [-0.2, -0.15) is 0 Å². The lowest BCUT2D eigenvalue weighted by molar-refractivity contribution is -0.139. The quantitative estimate of drug-likeness (QED) is 0.359. The predicted octanol–water partition coefficient (Wildman–Crippen LogP) is 2.32. The van der Waals surface area contributed by atoms with E-state index in [1.165, 1.54) is 24.3 Å². The summed E-state index contributed by atoms with van der Waals surface area (Å²) in [5, 5.41) is 26.3. The van der Waals surface area contributed by atoms with Crippen LogP contribution in [-0.4, -0.2) is 58.5 Å². The minimum atomic E-state index is -1.36. The summed E-state index contributed by atoms with van der Waals surface area (Å²) in [7, 11) is 0. The van der Waals surface area contributed by atoms with Crippen molar-refractivity contribution in [2.24, 2.45) is 10.7 Å². The van der Waals surface area contributed by atoms with Gasteiger partial charge in [-0.3, -0.25) is 24.3 Å². The number of anilines is 1. The van der Waals surface area contributed by atoms with E-state index < -0.39 is 36.8 Å². The first-order valence-corrected chi connectivity index (χ1v) is 11.0. The van der Waals surface area contributed by atoms with Crippen molar-refractivity contribution in [3.05, 3.63) is 57.0 Å². The molecule has 2 amide bonds. The van der Waals surface area contributed by atoms with Gasteiger partial charge in [0, 0.05) is 28.4 Å². The third kappa shape index (κ3) is 5.81. The maximum atomic E-state index is 13.5. The van der Waals surface area contributed by atoms with E-state index in [0.717, 1.165) is 4.90 Å². The Hall–Kier alpha value is -3.15. The summed E-state index contributed by atoms with van der Waals surface area (Å²) in [6.45, 7) is 0.758. The molecule has 1 aliphatic rings. The fourth-order valence-corrected chi connectivity index (χ4v) is 4.19. The number of aliphatic imine (C=N–C) groups is 1. The monoisotopic (exact) mass is 537 g/mol. The number of carboxylic acids is 1. The molecule has 12 heteroatoms. The molecule has 0 fully saturated rings. The Labute approximate surface area is 202 Å². The second-order valence-electron chi connectivity index (χ2n) is 7.08. The number of aliphatic carboxylic acids is 1. The van der Waals surface area contributed by atoms with Crippen LogP contribution in [0.5, 0.6) is 5.75 Å². The highest BCUT2D eigenvalue weighted by Crippen LogP contribution is 2.39. The number of hydrogen-bond donors (Lipinski definition) is 5. The highest BCUT2D eigenvalue weighted by atomic mass is 79.9. The number of halogens is 2. The van der Waals surface area contributed by atoms with Gasteiger partial charge in [-0.1, -0.05) is 17.7 Å². The van der Waals surface area contributed by atoms with Crippen LogP contribution in [0.1, 0.15) is 28.4 Å². The number of phenolic OH excluding ortho intramolecular Hbond substituents is 1. The highest BCUT2D eigenvalue weighted by Gasteiger charge is 2.35. The van der Waals surface area contributed by atoms with E-state index in [1.54, 1.807) is 12.1 Å². The second kappa shape index (κ2) is 10.6. The Balaban J connectivity index is 2.05. The molecule has 2 aromatic carbocycles. The summed E-state index contributed by atoms with van der Waals surface area (Å²) in [6.07, 6.45) is -0.670. The van der Waals surface area contributed by atoms with Crippen LogP contribution >= 0.6 is 27.5 Å². The first kappa shape index (κ1) is 24.5. The molecule has 2 aromatic rings. The van der Waals surface area contributed by atoms with E-state index in [4.69, 9.17) is 17.3 Å². The van der Waals surface area contributed by atoms with Crippen LogP contribution in [0, 0.1) is 0 Å². The fourth-order valence-electron chi connectivity index (χ4n) is 3.36. The second-order valence-corrected chi connectivity index (χ2v) is 8.37. The number of carboxylic acid groups (broad SMARTS) is 1. The summed E-state index contributed by atoms with van der Waals surface area (Å²) in [6, 6.07) is 7.66. The van der Waals surface area contributed by atoms with Gasteiger partial charge in [0.15, 0.2) is 5.96 Å². The van der Waals surface area contributed by atoms with Crippen molar-refractivity contribution in [3.63, 3.8) is 0 Å². The van der Waals surface area contributed by atoms with Crippen molar-refractivity contribution in [1.29, 1.82) is 0 Å². The number of aromatic hydroxyl groups is 1. The Morgan fingerprint density at radius 1 is 1.30 bits per heavy atom. The Bertz CT molecular complexity index is 1130. The Morgan fingerprint density at radius 3 is 2.70 bits per heavy atom. The first-order valence-electron chi connectivity index (χ1n) is 9.82. The van der Waals surface area contributed by atoms with Crippen molar-refractivity contribution >= 4 is 57.0 Å². The minimum absolute atomic E-state index is 0.00860. The molecule has 0 saturated heterocycles. The molecule has 0 radical (unpaired) electrons. The van der Waals surface area contributed by atoms with Crippen LogP contribution in [0.4, 0.5) is 5.69 Å². The van der Waals surface area contributed by atoms with E-state index in [1.807, 2.05) is 0 Å². The average molecular weight is 539 g/mol. The summed E-state index contributed by atoms with van der Waals surface area (Å²) < 4.78 is 0.184. The number of nitrogens with zero attached hydrogens (tertiary/aromatic N) is 2. The van der Waals surface area contributed by atoms with E-state index >= 15 is 0 Å². The molecule has 3 rings (SSSR count). The zero-order chi connectivity index (χ0) is 24.1. The van der Waals surface area contributed by atoms with Gasteiger partial charge in [-0.25, -0.2) is 0 Å². The van der Waals surface area contributed by atoms with E-state index in [-0.39, 0.29) is 26.4 Å². The summed E-state index contributed by atoms with van der Waals surface area (Å²) in [5.74, 6) is -2.68. The standard InChI is InChI=1S/C21H21BrClN5O5/c22-15-8-12(23)7-14(19(15)32)16(9-18(30)31)28(17(29)10-24)20(33)11-2-1-3-13(6-11)27-21-25-4-5-26-21/h1-3,6-8,16,32H,4-5,9-10,24H2,(H,30,31)(H2,25,26,27)/t16-/m1/s1. The van der Waals surface area contributed by atoms with Gasteiger partial charge in [0.25, 0.3) is 5.91 Å². The lowest BCUT2D eigenvalue weighted by atomic mass is 9.99. The van der Waals surface area contributed by atoms with Crippen LogP contribution in [-0.2, 0) is 9.59 Å². The molecule has 6 N–H and O–H groups in total. The summed E-state index contributed by atoms with van der Waals surface area (Å²) in [4.78, 5) is 42.9. The van der Waals surface area contributed by atoms with Crippen LogP contribution < -0.4 is 16.4 Å². The van der Waals surface area contributed by atoms with Crippen molar-refractivity contribution in [3.8, 4) is 5.75 Å². The number of hydrogen-bond acceptors (Lipinski definition) is 8. The number of benzene rings is 2. The fraction of sp³-hybridized carbons (Fsp3) is 0.238. The molecular formula is C21H21BrClN5O5. The molecule has 0 spiro atoms. The molecule has 174 valence electrons. The number of carbonyl (C=O) groups is 3. The lowest BCUT2D eigenvalue weighted by Gasteiger charge is -2.30. The molecule has 1 heterocycles. The molecule has 0 aromatic heterocycles. The lowest BCUT2D eigenvalue weighted by Crippen LogP contribution is -2.44. The molecule has 33 heavy (non-hydrogen) atoms. The molecular weight excluding hydrogens is 518 g/mol. The van der Waals surface area contributed by atoms with E-state index in [2.05, 4.69) is 31.6 Å². The van der Waals surface area contributed by atoms with Gasteiger partial charge in [0.05, 0.1) is 30.0 Å². The molecule has 0 bridgehead atoms. The maximum Gasteiger partial charge on any atom is 0.305 e. The number of rotatable bonds is 7. The van der Waals surface area contributed by atoms with Crippen LogP contribution in [0.2, 0.25) is 5.02 Å². The highest BCUT2D eigenvalue weighted by molar-refractivity contribution is 9.10. The Kier molecular flexibility index (Phi) is 7.90. The molecule has 0 saturated carbocycles. The molecule has 1 atom stereocenters. The van der Waals surface area contributed by atoms with Gasteiger partial charge in [-0.05, 0) is 46.3 Å². The largest absolute Gasteiger partial charge is 0.506 e. The first-order chi connectivity index (χ1) is 15.7. The van der Waals surface area contributed by atoms with Crippen molar-refractivity contribution in [1.82, 2.24) is 10.2 Å². The number of nitrogens with two attached hydrogens (primary N) is 1. The van der Waals surface area contributed by atoms with Gasteiger partial charge < -0.3 is 26.6 Å². The van der Waals surface area contributed by atoms with Crippen molar-refractivity contribution < 1.29 is 24.6 Å². The number of carbonyl (C=O) groups excluding carboxylic acids is 2. The van der Waals surface area contributed by atoms with Gasteiger partial charge in [0.1, 0.15) is 5.75 Å². The SMILES string of the molecule is NCC(=O)N(C(=O)c1cccc(NC2=NCCN2)c1)[C@H](CC(=O)O)c1cc(Cl)cc(Br)c1O. The zero-order valence-corrected chi connectivity index (χ0v) is 19.6. The maximum absolute atomic E-state index is 13.5. The number of nitrogens with one attached hydrogen (secondary N) is 2. The molecule has 1 aliphatic heterocycles. The van der Waals surface area contributed by atoms with Crippen molar-refractivity contribution in [2.45, 2.75) is 12.5 Å². The van der Waals surface area contributed by atoms with Crippen LogP contribution in [0.15, 0.2) is 45.9 Å². The Morgan fingerprint density at radius 2 is 2.06 bits per heavy atom. The van der Waals surface area contributed by atoms with E-state index in [9.17, 15) is 24.6 Å². The predicted molar refractivity (Wildman–Crippen MR) is 126 cm³/mol. The number of amides is 2. The normalized spacial score (nSPS) is 13.6. The van der Waals surface area contributed by atoms with E-state index in [0.29, 0.717) is 24.7 Å². The van der Waals surface area contributed by atoms with Crippen LogP contribution in [0.3, 0.4) is 0 Å². The molecule has 10 nitrogen and oxygen atoms in total. The van der Waals surface area contributed by atoms with Gasteiger partial charge >= 0.3 is 5.97 Å². The van der Waals surface area contributed by atoms with Crippen molar-refractivity contribution in [2.75, 3.05) is 25.0 Å². The number of phenols is 1. The zero-order valence-electron chi connectivity index (χ0n) is 17.2. The van der Waals surface area contributed by atoms with Crippen LogP contribution in [0.25, 0.3) is 0 Å². The number of imide groups is 1. The molecule has 0 aliphatic carbocycles. The molecule has 0 unspecified atom stereocenters. The topological polar surface area (TPSA) is 157 Å².